The first-order valence-corrected chi connectivity index (χ1v) is 3.53. The SMILES string of the molecule is [B]C#CCCCCCC#C. The second kappa shape index (κ2) is 8.18. The summed E-state index contributed by atoms with van der Waals surface area (Å²) in [7, 11) is 4.98. The number of hydrogen-bond acceptors (Lipinski definition) is 0. The first-order chi connectivity index (χ1) is 4.91. The summed E-state index contributed by atoms with van der Waals surface area (Å²) in [5, 5.41) is 0. The van der Waals surface area contributed by atoms with Crippen LogP contribution in [0.4, 0.5) is 0 Å². The molecule has 0 nitrogen and oxygen atoms in total. The molecule has 0 saturated heterocycles. The molecule has 50 valence electrons. The van der Waals surface area contributed by atoms with Crippen LogP contribution in [0.2, 0.25) is 0 Å². The Hall–Kier alpha value is -0.815. The molecule has 0 fully saturated rings. The monoisotopic (exact) mass is 130 g/mol. The van der Waals surface area contributed by atoms with Crippen LogP contribution in [0.1, 0.15) is 32.1 Å². The predicted molar refractivity (Wildman–Crippen MR) is 45.4 cm³/mol. The summed E-state index contributed by atoms with van der Waals surface area (Å²) in [4.78, 5) is 0. The third-order valence-electron chi connectivity index (χ3n) is 1.22. The number of unbranched alkanes of at least 4 members (excludes halogenated alkanes) is 4. The zero-order chi connectivity index (χ0) is 7.66. The van der Waals surface area contributed by atoms with Crippen molar-refractivity contribution in [1.82, 2.24) is 0 Å². The first-order valence-electron chi connectivity index (χ1n) is 3.53. The van der Waals surface area contributed by atoms with Gasteiger partial charge in [-0.25, -0.2) is 0 Å². The summed E-state index contributed by atoms with van der Waals surface area (Å²) in [5.41, 5.74) is 0. The van der Waals surface area contributed by atoms with Gasteiger partial charge < -0.3 is 0 Å². The van der Waals surface area contributed by atoms with E-state index in [1.165, 1.54) is 6.42 Å². The summed E-state index contributed by atoms with van der Waals surface area (Å²) in [6, 6.07) is 0. The fourth-order valence-corrected chi connectivity index (χ4v) is 0.689. The van der Waals surface area contributed by atoms with Crippen molar-refractivity contribution in [3.05, 3.63) is 0 Å². The molecule has 0 aliphatic rings. The van der Waals surface area contributed by atoms with Crippen LogP contribution in [-0.2, 0) is 0 Å². The summed E-state index contributed by atoms with van der Waals surface area (Å²) < 4.78 is 0. The normalized spacial score (nSPS) is 7.50. The Morgan fingerprint density at radius 2 is 1.80 bits per heavy atom. The molecule has 0 aromatic carbocycles. The Balaban J connectivity index is 2.90. The highest BCUT2D eigenvalue weighted by Crippen LogP contribution is 2.00. The summed E-state index contributed by atoms with van der Waals surface area (Å²) in [6.45, 7) is 0. The van der Waals surface area contributed by atoms with Crippen molar-refractivity contribution in [3.63, 3.8) is 0 Å². The highest BCUT2D eigenvalue weighted by molar-refractivity contribution is 6.22. The molecule has 2 radical (unpaired) electrons. The van der Waals surface area contributed by atoms with E-state index in [1.54, 1.807) is 0 Å². The average molecular weight is 130 g/mol. The Bertz CT molecular complexity index is 154. The van der Waals surface area contributed by atoms with E-state index in [2.05, 4.69) is 17.7 Å². The third kappa shape index (κ3) is 7.18. The first kappa shape index (κ1) is 9.18. The van der Waals surface area contributed by atoms with Crippen LogP contribution in [0.3, 0.4) is 0 Å². The van der Waals surface area contributed by atoms with E-state index < -0.39 is 0 Å². The quantitative estimate of drug-likeness (QED) is 0.308. The summed E-state index contributed by atoms with van der Waals surface area (Å²) in [5.74, 6) is 7.77. The minimum atomic E-state index is 0.885. The molecule has 0 saturated carbocycles. The highest BCUT2D eigenvalue weighted by Gasteiger charge is 1.83. The summed E-state index contributed by atoms with van der Waals surface area (Å²) in [6.07, 6.45) is 10.3. The average Bonchev–Trinajstić information content (AvgIpc) is 1.97. The van der Waals surface area contributed by atoms with Crippen molar-refractivity contribution >= 4 is 7.85 Å². The molecular formula is C9H11B. The minimum Gasteiger partial charge on any atom is -0.172 e. The van der Waals surface area contributed by atoms with Gasteiger partial charge in [-0.1, -0.05) is 6.42 Å². The van der Waals surface area contributed by atoms with Gasteiger partial charge in [0.05, 0.1) is 0 Å². The maximum atomic E-state index is 5.07. The highest BCUT2D eigenvalue weighted by atomic mass is 13.9. The van der Waals surface area contributed by atoms with Gasteiger partial charge in [0.15, 0.2) is 7.85 Å². The molecule has 0 rings (SSSR count). The number of terminal acetylenes is 1. The van der Waals surface area contributed by atoms with Gasteiger partial charge >= 0.3 is 0 Å². The van der Waals surface area contributed by atoms with Crippen molar-refractivity contribution in [2.45, 2.75) is 32.1 Å². The topological polar surface area (TPSA) is 0 Å². The molecule has 0 aromatic rings. The number of rotatable bonds is 4. The molecule has 0 heterocycles. The molecule has 0 atom stereocenters. The Labute approximate surface area is 64.8 Å². The van der Waals surface area contributed by atoms with E-state index in [1.807, 2.05) is 0 Å². The largest absolute Gasteiger partial charge is 0.187 e. The van der Waals surface area contributed by atoms with Gasteiger partial charge in [0, 0.05) is 12.8 Å². The minimum absolute atomic E-state index is 0.885. The lowest BCUT2D eigenvalue weighted by molar-refractivity contribution is 0.709. The van der Waals surface area contributed by atoms with Crippen molar-refractivity contribution in [2.75, 3.05) is 0 Å². The molecule has 0 spiro atoms. The molecule has 0 unspecified atom stereocenters. The van der Waals surface area contributed by atoms with Crippen LogP contribution < -0.4 is 0 Å². The van der Waals surface area contributed by atoms with Gasteiger partial charge in [-0.3, -0.25) is 0 Å². The summed E-state index contributed by atoms with van der Waals surface area (Å²) >= 11 is 0. The van der Waals surface area contributed by atoms with Gasteiger partial charge in [-0.15, -0.1) is 18.3 Å². The van der Waals surface area contributed by atoms with Gasteiger partial charge in [0.25, 0.3) is 0 Å². The standard InChI is InChI=1S/C9H11B/c1-2-3-4-5-6-7-8-9-10/h1H,3-7H2. The van der Waals surface area contributed by atoms with Crippen molar-refractivity contribution < 1.29 is 0 Å². The fourth-order valence-electron chi connectivity index (χ4n) is 0.689. The fraction of sp³-hybridized carbons (Fsp3) is 0.556. The van der Waals surface area contributed by atoms with E-state index in [4.69, 9.17) is 14.3 Å². The molecule has 0 N–H and O–H groups in total. The lowest BCUT2D eigenvalue weighted by Gasteiger charge is -1.90. The Morgan fingerprint density at radius 1 is 1.10 bits per heavy atom. The van der Waals surface area contributed by atoms with Gasteiger partial charge in [0.2, 0.25) is 0 Å². The van der Waals surface area contributed by atoms with Crippen LogP contribution >= 0.6 is 0 Å². The van der Waals surface area contributed by atoms with Crippen LogP contribution in [-0.4, -0.2) is 7.85 Å². The molecular weight excluding hydrogens is 119 g/mol. The second-order valence-corrected chi connectivity index (χ2v) is 2.09. The zero-order valence-corrected chi connectivity index (χ0v) is 6.19. The molecule has 0 bridgehead atoms. The van der Waals surface area contributed by atoms with E-state index in [-0.39, 0.29) is 0 Å². The maximum absolute atomic E-state index is 5.07. The van der Waals surface area contributed by atoms with Crippen LogP contribution in [0, 0.1) is 24.1 Å². The van der Waals surface area contributed by atoms with Crippen molar-refractivity contribution in [3.8, 4) is 24.1 Å². The number of hydrogen-bond donors (Lipinski definition) is 0. The van der Waals surface area contributed by atoms with Crippen molar-refractivity contribution in [1.29, 1.82) is 0 Å². The van der Waals surface area contributed by atoms with E-state index in [9.17, 15) is 0 Å². The molecule has 10 heavy (non-hydrogen) atoms. The van der Waals surface area contributed by atoms with Gasteiger partial charge in [0.1, 0.15) is 0 Å². The lowest BCUT2D eigenvalue weighted by Crippen LogP contribution is -1.74. The van der Waals surface area contributed by atoms with E-state index in [0.29, 0.717) is 0 Å². The molecule has 0 aliphatic heterocycles. The van der Waals surface area contributed by atoms with E-state index >= 15 is 0 Å². The zero-order valence-electron chi connectivity index (χ0n) is 6.19. The molecule has 1 heteroatoms. The predicted octanol–water partition coefficient (Wildman–Crippen LogP) is 1.70. The van der Waals surface area contributed by atoms with Gasteiger partial charge in [-0.05, 0) is 12.8 Å². The Kier molecular flexibility index (Phi) is 7.52. The van der Waals surface area contributed by atoms with Crippen molar-refractivity contribution in [2.24, 2.45) is 0 Å². The third-order valence-corrected chi connectivity index (χ3v) is 1.22. The lowest BCUT2D eigenvalue weighted by atomic mass is 10.1. The van der Waals surface area contributed by atoms with Crippen LogP contribution in [0.15, 0.2) is 0 Å². The molecule has 0 aliphatic carbocycles. The maximum Gasteiger partial charge on any atom is 0.187 e. The van der Waals surface area contributed by atoms with Crippen LogP contribution in [0.5, 0.6) is 0 Å². The Morgan fingerprint density at radius 3 is 2.40 bits per heavy atom. The molecule has 0 amide bonds. The second-order valence-electron chi connectivity index (χ2n) is 2.09. The van der Waals surface area contributed by atoms with Crippen LogP contribution in [0.25, 0.3) is 0 Å². The smallest absolute Gasteiger partial charge is 0.172 e. The van der Waals surface area contributed by atoms with Gasteiger partial charge in [-0.2, -0.15) is 5.82 Å². The molecule has 0 aromatic heterocycles. The van der Waals surface area contributed by atoms with E-state index in [0.717, 1.165) is 25.7 Å².